The van der Waals surface area contributed by atoms with Gasteiger partial charge in [0.25, 0.3) is 0 Å². The lowest BCUT2D eigenvalue weighted by Crippen LogP contribution is -1.95. The normalized spacial score (nSPS) is 10.1. The Morgan fingerprint density at radius 1 is 1.25 bits per heavy atom. The fourth-order valence-electron chi connectivity index (χ4n) is 2.19. The van der Waals surface area contributed by atoms with Crippen LogP contribution >= 0.6 is 11.3 Å². The minimum atomic E-state index is 0.532. The summed E-state index contributed by atoms with van der Waals surface area (Å²) in [4.78, 5) is 1.47. The van der Waals surface area contributed by atoms with E-state index < -0.39 is 0 Å². The molecule has 1 aromatic heterocycles. The first-order valence-electron chi connectivity index (χ1n) is 6.20. The Labute approximate surface area is 122 Å². The SMILES string of the molecule is CCc1c(-c2c(OC)cccc2OC)sc(C#N)c1N. The number of nitrogens with two attached hydrogens (primary N) is 1. The van der Waals surface area contributed by atoms with Gasteiger partial charge >= 0.3 is 0 Å². The summed E-state index contributed by atoms with van der Waals surface area (Å²) in [5, 5.41) is 9.17. The predicted molar refractivity (Wildman–Crippen MR) is 81.4 cm³/mol. The van der Waals surface area contributed by atoms with Crippen LogP contribution in [0.25, 0.3) is 10.4 Å². The molecule has 20 heavy (non-hydrogen) atoms. The highest BCUT2D eigenvalue weighted by Crippen LogP contribution is 2.46. The molecule has 0 radical (unpaired) electrons. The summed E-state index contributed by atoms with van der Waals surface area (Å²) in [5.74, 6) is 1.43. The van der Waals surface area contributed by atoms with Crippen LogP contribution in [-0.2, 0) is 6.42 Å². The maximum atomic E-state index is 9.17. The maximum absolute atomic E-state index is 9.17. The smallest absolute Gasteiger partial charge is 0.131 e. The van der Waals surface area contributed by atoms with Crippen molar-refractivity contribution in [3.05, 3.63) is 28.6 Å². The zero-order valence-electron chi connectivity index (χ0n) is 11.7. The lowest BCUT2D eigenvalue weighted by molar-refractivity contribution is 0.397. The predicted octanol–water partition coefficient (Wildman–Crippen LogP) is 3.45. The lowest BCUT2D eigenvalue weighted by Gasteiger charge is -2.13. The lowest BCUT2D eigenvalue weighted by atomic mass is 10.0. The van der Waals surface area contributed by atoms with E-state index in [0.29, 0.717) is 22.1 Å². The molecule has 2 N–H and O–H groups in total. The minimum Gasteiger partial charge on any atom is -0.496 e. The number of nitrogen functional groups attached to an aromatic ring is 1. The Morgan fingerprint density at radius 2 is 1.85 bits per heavy atom. The van der Waals surface area contributed by atoms with Crippen LogP contribution in [0.5, 0.6) is 11.5 Å². The van der Waals surface area contributed by atoms with Crippen LogP contribution in [0.2, 0.25) is 0 Å². The number of nitriles is 1. The second-order valence-electron chi connectivity index (χ2n) is 4.16. The van der Waals surface area contributed by atoms with E-state index in [0.717, 1.165) is 22.4 Å². The molecule has 1 heterocycles. The van der Waals surface area contributed by atoms with Gasteiger partial charge in [-0.1, -0.05) is 13.0 Å². The van der Waals surface area contributed by atoms with Crippen molar-refractivity contribution in [3.8, 4) is 28.0 Å². The molecule has 0 amide bonds. The largest absolute Gasteiger partial charge is 0.496 e. The summed E-state index contributed by atoms with van der Waals surface area (Å²) < 4.78 is 10.9. The molecule has 0 aliphatic rings. The van der Waals surface area contributed by atoms with Gasteiger partial charge in [-0.2, -0.15) is 5.26 Å². The number of hydrogen-bond acceptors (Lipinski definition) is 5. The summed E-state index contributed by atoms with van der Waals surface area (Å²) in [6, 6.07) is 7.77. The third-order valence-electron chi connectivity index (χ3n) is 3.16. The van der Waals surface area contributed by atoms with Gasteiger partial charge in [0.1, 0.15) is 22.4 Å². The van der Waals surface area contributed by atoms with Crippen LogP contribution in [0.15, 0.2) is 18.2 Å². The van der Waals surface area contributed by atoms with E-state index >= 15 is 0 Å². The molecule has 0 aliphatic carbocycles. The van der Waals surface area contributed by atoms with Gasteiger partial charge in [0.05, 0.1) is 25.5 Å². The molecule has 0 unspecified atom stereocenters. The topological polar surface area (TPSA) is 68.3 Å². The number of methoxy groups -OCH3 is 2. The van der Waals surface area contributed by atoms with Crippen LogP contribution in [0.4, 0.5) is 5.69 Å². The molecule has 0 atom stereocenters. The van der Waals surface area contributed by atoms with E-state index in [1.54, 1.807) is 14.2 Å². The molecule has 2 rings (SSSR count). The van der Waals surface area contributed by atoms with Crippen molar-refractivity contribution < 1.29 is 9.47 Å². The van der Waals surface area contributed by atoms with Gasteiger partial charge in [-0.25, -0.2) is 0 Å². The zero-order valence-corrected chi connectivity index (χ0v) is 12.5. The summed E-state index contributed by atoms with van der Waals surface area (Å²) in [5.41, 5.74) is 8.43. The molecule has 1 aromatic carbocycles. The number of rotatable bonds is 4. The molecule has 0 spiro atoms. The molecule has 0 aliphatic heterocycles. The van der Waals surface area contributed by atoms with Gasteiger partial charge in [-0.15, -0.1) is 11.3 Å². The Balaban J connectivity index is 2.78. The van der Waals surface area contributed by atoms with Gasteiger partial charge in [0, 0.05) is 4.88 Å². The van der Waals surface area contributed by atoms with Crippen molar-refractivity contribution in [3.63, 3.8) is 0 Å². The second kappa shape index (κ2) is 5.85. The van der Waals surface area contributed by atoms with Crippen LogP contribution in [0.3, 0.4) is 0 Å². The van der Waals surface area contributed by atoms with Gasteiger partial charge < -0.3 is 15.2 Å². The van der Waals surface area contributed by atoms with E-state index in [9.17, 15) is 0 Å². The molecule has 104 valence electrons. The highest BCUT2D eigenvalue weighted by Gasteiger charge is 2.21. The number of anilines is 1. The first-order valence-corrected chi connectivity index (χ1v) is 7.02. The van der Waals surface area contributed by atoms with E-state index in [4.69, 9.17) is 20.5 Å². The Hall–Kier alpha value is -2.19. The van der Waals surface area contributed by atoms with E-state index in [-0.39, 0.29) is 0 Å². The summed E-state index contributed by atoms with van der Waals surface area (Å²) in [6.45, 7) is 2.02. The highest BCUT2D eigenvalue weighted by atomic mass is 32.1. The highest BCUT2D eigenvalue weighted by molar-refractivity contribution is 7.17. The first-order chi connectivity index (χ1) is 9.67. The molecule has 0 saturated carbocycles. The van der Waals surface area contributed by atoms with Crippen molar-refractivity contribution >= 4 is 17.0 Å². The number of hydrogen-bond donors (Lipinski definition) is 1. The average Bonchev–Trinajstić information content (AvgIpc) is 2.81. The molecular formula is C15H16N2O2S. The Morgan fingerprint density at radius 3 is 2.30 bits per heavy atom. The molecule has 0 bridgehead atoms. The summed E-state index contributed by atoms with van der Waals surface area (Å²) >= 11 is 1.38. The van der Waals surface area contributed by atoms with Crippen LogP contribution < -0.4 is 15.2 Å². The fourth-order valence-corrected chi connectivity index (χ4v) is 3.35. The van der Waals surface area contributed by atoms with Gasteiger partial charge in [-0.3, -0.25) is 0 Å². The molecule has 0 fully saturated rings. The monoisotopic (exact) mass is 288 g/mol. The number of benzene rings is 1. The van der Waals surface area contributed by atoms with Crippen LogP contribution in [0.1, 0.15) is 17.4 Å². The van der Waals surface area contributed by atoms with Crippen molar-refractivity contribution in [2.45, 2.75) is 13.3 Å². The summed E-state index contributed by atoms with van der Waals surface area (Å²) in [6.07, 6.45) is 0.751. The van der Waals surface area contributed by atoms with Crippen molar-refractivity contribution in [1.82, 2.24) is 0 Å². The fraction of sp³-hybridized carbons (Fsp3) is 0.267. The molecule has 2 aromatic rings. The van der Waals surface area contributed by atoms with E-state index in [1.807, 2.05) is 25.1 Å². The Kier molecular flexibility index (Phi) is 4.16. The van der Waals surface area contributed by atoms with Crippen LogP contribution in [0, 0.1) is 11.3 Å². The summed E-state index contributed by atoms with van der Waals surface area (Å²) in [7, 11) is 3.23. The van der Waals surface area contributed by atoms with E-state index in [2.05, 4.69) is 6.07 Å². The van der Waals surface area contributed by atoms with Crippen LogP contribution in [-0.4, -0.2) is 14.2 Å². The third-order valence-corrected chi connectivity index (χ3v) is 4.33. The van der Waals surface area contributed by atoms with Crippen molar-refractivity contribution in [1.29, 1.82) is 5.26 Å². The second-order valence-corrected chi connectivity index (χ2v) is 5.18. The minimum absolute atomic E-state index is 0.532. The quantitative estimate of drug-likeness (QED) is 0.935. The zero-order chi connectivity index (χ0) is 14.7. The standard InChI is InChI=1S/C15H16N2O2S/c1-4-9-14(17)12(8-16)20-15(9)13-10(18-2)6-5-7-11(13)19-3/h5-7H,4,17H2,1-3H3. The molecule has 0 saturated heterocycles. The van der Waals surface area contributed by atoms with Crippen molar-refractivity contribution in [2.24, 2.45) is 0 Å². The van der Waals surface area contributed by atoms with Gasteiger partial charge in [-0.05, 0) is 24.1 Å². The molecule has 5 heteroatoms. The number of ether oxygens (including phenoxy) is 2. The maximum Gasteiger partial charge on any atom is 0.131 e. The molecular weight excluding hydrogens is 272 g/mol. The first kappa shape index (κ1) is 14.2. The van der Waals surface area contributed by atoms with Gasteiger partial charge in [0.15, 0.2) is 0 Å². The van der Waals surface area contributed by atoms with Crippen molar-refractivity contribution in [2.75, 3.05) is 20.0 Å². The number of nitrogens with zero attached hydrogens (tertiary/aromatic N) is 1. The third kappa shape index (κ3) is 2.19. The average molecular weight is 288 g/mol. The van der Waals surface area contributed by atoms with Gasteiger partial charge in [0.2, 0.25) is 0 Å². The molecule has 4 nitrogen and oxygen atoms in total. The van der Waals surface area contributed by atoms with E-state index in [1.165, 1.54) is 11.3 Å². The number of thiophene rings is 1. The Bertz CT molecular complexity index is 649.